The van der Waals surface area contributed by atoms with Crippen molar-refractivity contribution in [1.29, 1.82) is 0 Å². The quantitative estimate of drug-likeness (QED) is 0.709. The van der Waals surface area contributed by atoms with Crippen molar-refractivity contribution in [2.45, 2.75) is 0 Å². The van der Waals surface area contributed by atoms with Crippen LogP contribution in [0.15, 0.2) is 35.0 Å². The lowest BCUT2D eigenvalue weighted by atomic mass is 10.5. The van der Waals surface area contributed by atoms with Gasteiger partial charge in [-0.05, 0) is 10.8 Å². The van der Waals surface area contributed by atoms with Crippen LogP contribution in [0.4, 0.5) is 0 Å². The lowest BCUT2D eigenvalue weighted by molar-refractivity contribution is -0.134. The van der Waals surface area contributed by atoms with Gasteiger partial charge in [-0.2, -0.15) is 11.3 Å². The minimum absolute atomic E-state index is 0.558. The van der Waals surface area contributed by atoms with Crippen LogP contribution in [-0.4, -0.2) is 22.2 Å². The van der Waals surface area contributed by atoms with Gasteiger partial charge >= 0.3 is 11.9 Å². The van der Waals surface area contributed by atoms with Crippen LogP contribution in [0.5, 0.6) is 0 Å². The average molecular weight is 200 g/mol. The number of hydrogen-bond acceptors (Lipinski definition) is 3. The molecular formula is C8H8O4S. The summed E-state index contributed by atoms with van der Waals surface area (Å²) in [5.41, 5.74) is 0. The first kappa shape index (κ1) is 11.4. The molecular weight excluding hydrogens is 192 g/mol. The third kappa shape index (κ3) is 10.4. The fraction of sp³-hybridized carbons (Fsp3) is 0. The maximum absolute atomic E-state index is 9.55. The molecule has 1 aromatic heterocycles. The van der Waals surface area contributed by atoms with E-state index in [-0.39, 0.29) is 0 Å². The van der Waals surface area contributed by atoms with Gasteiger partial charge in [0.1, 0.15) is 0 Å². The van der Waals surface area contributed by atoms with Crippen LogP contribution >= 0.6 is 11.3 Å². The highest BCUT2D eigenvalue weighted by molar-refractivity contribution is 7.07. The molecule has 0 saturated heterocycles. The molecule has 0 aromatic carbocycles. The normalized spacial score (nSPS) is 8.92. The molecule has 0 radical (unpaired) electrons. The summed E-state index contributed by atoms with van der Waals surface area (Å²) < 4.78 is 0. The molecule has 5 heteroatoms. The summed E-state index contributed by atoms with van der Waals surface area (Å²) in [7, 11) is 0. The van der Waals surface area contributed by atoms with Crippen molar-refractivity contribution in [3.63, 3.8) is 0 Å². The molecule has 70 valence electrons. The predicted octanol–water partition coefficient (Wildman–Crippen LogP) is 1.46. The number of thiophene rings is 1. The highest BCUT2D eigenvalue weighted by atomic mass is 32.1. The molecule has 2 N–H and O–H groups in total. The molecule has 0 aliphatic heterocycles. The number of carboxylic acid groups (broad SMARTS) is 2. The first-order valence-corrected chi connectivity index (χ1v) is 4.18. The van der Waals surface area contributed by atoms with Crippen molar-refractivity contribution >= 4 is 23.3 Å². The summed E-state index contributed by atoms with van der Waals surface area (Å²) in [5.74, 6) is -2.51. The maximum Gasteiger partial charge on any atom is 0.328 e. The molecule has 0 unspecified atom stereocenters. The monoisotopic (exact) mass is 200 g/mol. The van der Waals surface area contributed by atoms with Gasteiger partial charge in [0.25, 0.3) is 0 Å². The van der Waals surface area contributed by atoms with Crippen molar-refractivity contribution < 1.29 is 19.8 Å². The Balaban J connectivity index is 0.000000243. The first-order chi connectivity index (χ1) is 6.13. The van der Waals surface area contributed by atoms with Crippen LogP contribution in [0.3, 0.4) is 0 Å². The second-order valence-electron chi connectivity index (χ2n) is 1.80. The highest BCUT2D eigenvalue weighted by Crippen LogP contribution is 1.91. The van der Waals surface area contributed by atoms with Crippen LogP contribution in [0.25, 0.3) is 0 Å². The van der Waals surface area contributed by atoms with Gasteiger partial charge in [0.2, 0.25) is 0 Å². The van der Waals surface area contributed by atoms with E-state index >= 15 is 0 Å². The molecule has 1 heterocycles. The molecule has 0 fully saturated rings. The topological polar surface area (TPSA) is 74.6 Å². The van der Waals surface area contributed by atoms with E-state index in [0.29, 0.717) is 12.2 Å². The van der Waals surface area contributed by atoms with Gasteiger partial charge in [-0.25, -0.2) is 9.59 Å². The molecule has 0 bridgehead atoms. The van der Waals surface area contributed by atoms with Gasteiger partial charge in [-0.15, -0.1) is 0 Å². The van der Waals surface area contributed by atoms with Gasteiger partial charge in [-0.1, -0.05) is 12.1 Å². The van der Waals surface area contributed by atoms with Crippen LogP contribution < -0.4 is 0 Å². The molecule has 0 aliphatic rings. The molecule has 0 saturated carbocycles. The lowest BCUT2D eigenvalue weighted by Gasteiger charge is -1.74. The standard InChI is InChI=1S/C4H4O4.C4H4S/c5-3(6)1-2-4(7)8;1-2-4-5-3-1/h1-2H,(H,5,6)(H,7,8);1-4H/b2-1+;. The minimum atomic E-state index is -1.26. The molecule has 1 rings (SSSR count). The minimum Gasteiger partial charge on any atom is -0.478 e. The van der Waals surface area contributed by atoms with Gasteiger partial charge < -0.3 is 10.2 Å². The van der Waals surface area contributed by atoms with E-state index in [1.165, 1.54) is 0 Å². The van der Waals surface area contributed by atoms with Crippen LogP contribution in [0, 0.1) is 0 Å². The third-order valence-electron chi connectivity index (χ3n) is 0.794. The Morgan fingerprint density at radius 1 is 1.00 bits per heavy atom. The van der Waals surface area contributed by atoms with E-state index in [2.05, 4.69) is 0 Å². The summed E-state index contributed by atoms with van der Waals surface area (Å²) in [4.78, 5) is 19.1. The van der Waals surface area contributed by atoms with Gasteiger partial charge in [0, 0.05) is 12.2 Å². The van der Waals surface area contributed by atoms with Crippen molar-refractivity contribution in [2.75, 3.05) is 0 Å². The number of carboxylic acids is 2. The fourth-order valence-corrected chi connectivity index (χ4v) is 0.823. The number of rotatable bonds is 2. The van der Waals surface area contributed by atoms with E-state index in [9.17, 15) is 9.59 Å². The smallest absolute Gasteiger partial charge is 0.328 e. The zero-order chi connectivity index (χ0) is 10.1. The van der Waals surface area contributed by atoms with E-state index < -0.39 is 11.9 Å². The summed E-state index contributed by atoms with van der Waals surface area (Å²) in [5, 5.41) is 19.7. The van der Waals surface area contributed by atoms with Crippen molar-refractivity contribution in [2.24, 2.45) is 0 Å². The van der Waals surface area contributed by atoms with Gasteiger partial charge in [0.05, 0.1) is 0 Å². The molecule has 1 aromatic rings. The molecule has 0 aliphatic carbocycles. The van der Waals surface area contributed by atoms with Crippen LogP contribution in [-0.2, 0) is 9.59 Å². The van der Waals surface area contributed by atoms with Crippen LogP contribution in [0.1, 0.15) is 0 Å². The Labute approximate surface area is 78.8 Å². The Kier molecular flexibility index (Phi) is 6.17. The maximum atomic E-state index is 9.55. The molecule has 0 atom stereocenters. The van der Waals surface area contributed by atoms with Gasteiger partial charge in [-0.3, -0.25) is 0 Å². The summed E-state index contributed by atoms with van der Waals surface area (Å²) in [6.45, 7) is 0. The van der Waals surface area contributed by atoms with E-state index in [1.54, 1.807) is 11.3 Å². The van der Waals surface area contributed by atoms with Crippen molar-refractivity contribution in [3.05, 3.63) is 35.0 Å². The zero-order valence-corrected chi connectivity index (χ0v) is 7.40. The SMILES string of the molecule is O=C(O)/C=C/C(=O)O.c1ccsc1. The largest absolute Gasteiger partial charge is 0.478 e. The lowest BCUT2D eigenvalue weighted by Crippen LogP contribution is -1.91. The summed E-state index contributed by atoms with van der Waals surface area (Å²) >= 11 is 1.71. The summed E-state index contributed by atoms with van der Waals surface area (Å²) in [6.07, 6.45) is 1.12. The number of carbonyl (C=O) groups is 2. The van der Waals surface area contributed by atoms with Crippen LogP contribution in [0.2, 0.25) is 0 Å². The Bertz CT molecular complexity index is 243. The average Bonchev–Trinajstić information content (AvgIpc) is 2.57. The Morgan fingerprint density at radius 2 is 1.38 bits per heavy atom. The second kappa shape index (κ2) is 7.05. The third-order valence-corrected chi connectivity index (χ3v) is 1.42. The molecule has 0 spiro atoms. The molecule has 13 heavy (non-hydrogen) atoms. The number of aliphatic carboxylic acids is 2. The molecule has 4 nitrogen and oxygen atoms in total. The molecule has 0 amide bonds. The Hall–Kier alpha value is -1.62. The first-order valence-electron chi connectivity index (χ1n) is 3.24. The van der Waals surface area contributed by atoms with E-state index in [4.69, 9.17) is 10.2 Å². The predicted molar refractivity (Wildman–Crippen MR) is 48.7 cm³/mol. The highest BCUT2D eigenvalue weighted by Gasteiger charge is 1.88. The zero-order valence-electron chi connectivity index (χ0n) is 6.58. The summed E-state index contributed by atoms with van der Waals surface area (Å²) in [6, 6.07) is 4.04. The number of hydrogen-bond donors (Lipinski definition) is 2. The Morgan fingerprint density at radius 3 is 1.54 bits per heavy atom. The van der Waals surface area contributed by atoms with Crippen molar-refractivity contribution in [3.8, 4) is 0 Å². The second-order valence-corrected chi connectivity index (χ2v) is 2.62. The van der Waals surface area contributed by atoms with Crippen molar-refractivity contribution in [1.82, 2.24) is 0 Å². The van der Waals surface area contributed by atoms with Gasteiger partial charge in [0.15, 0.2) is 0 Å². The van der Waals surface area contributed by atoms with E-state index in [1.807, 2.05) is 22.9 Å². The fourth-order valence-electron chi connectivity index (χ4n) is 0.369. The van der Waals surface area contributed by atoms with E-state index in [0.717, 1.165) is 0 Å².